The third-order valence-electron chi connectivity index (χ3n) is 5.27. The van der Waals surface area contributed by atoms with Crippen molar-refractivity contribution in [3.8, 4) is 0 Å². The normalized spacial score (nSPS) is 12.1. The topological polar surface area (TPSA) is 59.8 Å². The maximum Gasteiger partial charge on any atom is 0.251 e. The van der Waals surface area contributed by atoms with Gasteiger partial charge in [0.2, 0.25) is 0 Å². The lowest BCUT2D eigenvalue weighted by molar-refractivity contribution is 0.0939. The number of pyridine rings is 1. The molecule has 0 aliphatic carbocycles. The molecule has 0 bridgehead atoms. The van der Waals surface area contributed by atoms with Crippen molar-refractivity contribution in [3.63, 3.8) is 0 Å². The first kappa shape index (κ1) is 21.1. The largest absolute Gasteiger partial charge is 0.350 e. The lowest BCUT2D eigenvalue weighted by atomic mass is 10.1. The molecule has 1 unspecified atom stereocenters. The van der Waals surface area contributed by atoms with Gasteiger partial charge in [0.05, 0.1) is 23.8 Å². The van der Waals surface area contributed by atoms with Crippen LogP contribution in [0, 0.1) is 0 Å². The van der Waals surface area contributed by atoms with Gasteiger partial charge in [-0.15, -0.1) is 0 Å². The van der Waals surface area contributed by atoms with E-state index in [0.717, 1.165) is 40.5 Å². The van der Waals surface area contributed by atoms with Crippen LogP contribution >= 0.6 is 11.8 Å². The summed E-state index contributed by atoms with van der Waals surface area (Å²) in [6.45, 7) is 4.83. The predicted molar refractivity (Wildman–Crippen MR) is 126 cm³/mol. The van der Waals surface area contributed by atoms with Crippen LogP contribution in [-0.4, -0.2) is 26.5 Å². The van der Waals surface area contributed by atoms with Gasteiger partial charge >= 0.3 is 0 Å². The molecule has 6 heteroatoms. The van der Waals surface area contributed by atoms with E-state index in [4.69, 9.17) is 4.98 Å². The van der Waals surface area contributed by atoms with E-state index in [1.807, 2.05) is 49.5 Å². The maximum atomic E-state index is 12.3. The molecule has 2 heterocycles. The van der Waals surface area contributed by atoms with Crippen molar-refractivity contribution in [2.75, 3.05) is 0 Å². The zero-order valence-electron chi connectivity index (χ0n) is 17.8. The van der Waals surface area contributed by atoms with Gasteiger partial charge in [0.1, 0.15) is 0 Å². The summed E-state index contributed by atoms with van der Waals surface area (Å²) in [5, 5.41) is 3.97. The fraction of sp³-hybridized carbons (Fsp3) is 0.240. The van der Waals surface area contributed by atoms with Gasteiger partial charge < -0.3 is 9.88 Å². The number of carbonyl (C=O) groups is 1. The van der Waals surface area contributed by atoms with Gasteiger partial charge in [-0.3, -0.25) is 9.78 Å². The molecule has 4 aromatic rings. The fourth-order valence-corrected chi connectivity index (χ4v) is 4.26. The molecule has 5 nitrogen and oxygen atoms in total. The van der Waals surface area contributed by atoms with Crippen LogP contribution in [0.2, 0.25) is 0 Å². The Labute approximate surface area is 186 Å². The molecule has 0 radical (unpaired) electrons. The molecule has 0 fully saturated rings. The Balaban J connectivity index is 1.50. The van der Waals surface area contributed by atoms with Crippen LogP contribution in [-0.2, 0) is 12.3 Å². The van der Waals surface area contributed by atoms with Crippen LogP contribution in [0.4, 0.5) is 0 Å². The summed E-state index contributed by atoms with van der Waals surface area (Å²) in [5.74, 6) is 0.754. The van der Waals surface area contributed by atoms with Gasteiger partial charge in [-0.05, 0) is 42.7 Å². The summed E-state index contributed by atoms with van der Waals surface area (Å²) < 4.78 is 2.22. The molecule has 31 heavy (non-hydrogen) atoms. The van der Waals surface area contributed by atoms with Gasteiger partial charge in [-0.1, -0.05) is 61.2 Å². The third kappa shape index (κ3) is 5.14. The number of hydrogen-bond acceptors (Lipinski definition) is 4. The lowest BCUT2D eigenvalue weighted by Gasteiger charge is -2.12. The third-order valence-corrected chi connectivity index (χ3v) is 6.32. The molecule has 2 aromatic heterocycles. The average Bonchev–Trinajstić information content (AvgIpc) is 3.16. The quantitative estimate of drug-likeness (QED) is 0.385. The van der Waals surface area contributed by atoms with E-state index in [1.165, 1.54) is 5.56 Å². The molecule has 1 amide bonds. The number of nitrogens with zero attached hydrogens (tertiary/aromatic N) is 3. The Bertz CT molecular complexity index is 1160. The molecule has 0 spiro atoms. The monoisotopic (exact) mass is 430 g/mol. The average molecular weight is 431 g/mol. The van der Waals surface area contributed by atoms with Gasteiger partial charge in [0.25, 0.3) is 5.91 Å². The minimum absolute atomic E-state index is 0.0225. The number of thioether (sulfide) groups is 1. The van der Waals surface area contributed by atoms with E-state index in [1.54, 1.807) is 18.0 Å². The Kier molecular flexibility index (Phi) is 6.67. The second kappa shape index (κ2) is 9.79. The van der Waals surface area contributed by atoms with Crippen LogP contribution in [0.5, 0.6) is 0 Å². The highest BCUT2D eigenvalue weighted by Gasteiger charge is 2.13. The Morgan fingerprint density at radius 1 is 1.06 bits per heavy atom. The van der Waals surface area contributed by atoms with Crippen LogP contribution in [0.15, 0.2) is 78.2 Å². The number of amides is 1. The van der Waals surface area contributed by atoms with Crippen LogP contribution in [0.3, 0.4) is 0 Å². The summed E-state index contributed by atoms with van der Waals surface area (Å²) in [4.78, 5) is 21.4. The highest BCUT2D eigenvalue weighted by Crippen LogP contribution is 2.27. The van der Waals surface area contributed by atoms with E-state index in [-0.39, 0.29) is 11.9 Å². The van der Waals surface area contributed by atoms with Crippen molar-refractivity contribution in [1.29, 1.82) is 0 Å². The number of aromatic nitrogens is 3. The summed E-state index contributed by atoms with van der Waals surface area (Å²) in [6, 6.07) is 20.3. The molecule has 4 rings (SSSR count). The first-order chi connectivity index (χ1) is 15.1. The first-order valence-electron chi connectivity index (χ1n) is 10.5. The molecule has 0 saturated carbocycles. The molecular formula is C25H26N4OS. The number of fused-ring (bicyclic) bond motifs is 1. The van der Waals surface area contributed by atoms with E-state index < -0.39 is 0 Å². The fourth-order valence-electron chi connectivity index (χ4n) is 3.29. The molecule has 1 N–H and O–H groups in total. The summed E-state index contributed by atoms with van der Waals surface area (Å²) in [6.07, 6.45) is 4.57. The van der Waals surface area contributed by atoms with Crippen molar-refractivity contribution >= 4 is 28.7 Å². The molecular weight excluding hydrogens is 404 g/mol. The standard InChI is InChI=1S/C25H26N4OS/c1-3-18(2)27-24(30)21-11-9-20(10-12-21)17-31-25-28-22-13-14-26-15-23(22)29(25)16-19-7-5-4-6-8-19/h4-15,18H,3,16-17H2,1-2H3,(H,27,30). The molecule has 0 saturated heterocycles. The van der Waals surface area contributed by atoms with Gasteiger partial charge in [-0.25, -0.2) is 4.98 Å². The first-order valence-corrected chi connectivity index (χ1v) is 11.5. The number of benzene rings is 2. The molecule has 158 valence electrons. The summed E-state index contributed by atoms with van der Waals surface area (Å²) in [5.41, 5.74) is 5.05. The minimum Gasteiger partial charge on any atom is -0.350 e. The Morgan fingerprint density at radius 2 is 1.84 bits per heavy atom. The van der Waals surface area contributed by atoms with Crippen molar-refractivity contribution in [3.05, 3.63) is 89.7 Å². The van der Waals surface area contributed by atoms with Crippen molar-refractivity contribution in [2.45, 2.75) is 43.8 Å². The summed E-state index contributed by atoms with van der Waals surface area (Å²) in [7, 11) is 0. The van der Waals surface area contributed by atoms with E-state index in [0.29, 0.717) is 5.56 Å². The number of carbonyl (C=O) groups excluding carboxylic acids is 1. The summed E-state index contributed by atoms with van der Waals surface area (Å²) >= 11 is 1.70. The minimum atomic E-state index is -0.0225. The van der Waals surface area contributed by atoms with Gasteiger partial charge in [0.15, 0.2) is 5.16 Å². The maximum absolute atomic E-state index is 12.3. The second-order valence-corrected chi connectivity index (χ2v) is 8.54. The molecule has 0 aliphatic rings. The lowest BCUT2D eigenvalue weighted by Crippen LogP contribution is -2.31. The van der Waals surface area contributed by atoms with Crippen molar-refractivity contribution < 1.29 is 4.79 Å². The zero-order valence-corrected chi connectivity index (χ0v) is 18.6. The Morgan fingerprint density at radius 3 is 2.58 bits per heavy atom. The zero-order chi connectivity index (χ0) is 21.6. The van der Waals surface area contributed by atoms with Crippen molar-refractivity contribution in [2.24, 2.45) is 0 Å². The number of rotatable bonds is 8. The van der Waals surface area contributed by atoms with E-state index in [2.05, 4.69) is 46.1 Å². The van der Waals surface area contributed by atoms with Crippen LogP contribution in [0.1, 0.15) is 41.8 Å². The van der Waals surface area contributed by atoms with Gasteiger partial charge in [0, 0.05) is 23.6 Å². The smallest absolute Gasteiger partial charge is 0.251 e. The second-order valence-electron chi connectivity index (χ2n) is 7.60. The van der Waals surface area contributed by atoms with Crippen LogP contribution in [0.25, 0.3) is 11.0 Å². The number of hydrogen-bond donors (Lipinski definition) is 1. The highest BCUT2D eigenvalue weighted by molar-refractivity contribution is 7.98. The highest BCUT2D eigenvalue weighted by atomic mass is 32.2. The Hall–Kier alpha value is -3.12. The molecule has 2 aromatic carbocycles. The SMILES string of the molecule is CCC(C)NC(=O)c1ccc(CSc2nc3ccncc3n2Cc2ccccc2)cc1. The van der Waals surface area contributed by atoms with E-state index >= 15 is 0 Å². The van der Waals surface area contributed by atoms with Crippen molar-refractivity contribution in [1.82, 2.24) is 19.9 Å². The number of imidazole rings is 1. The van der Waals surface area contributed by atoms with Gasteiger partial charge in [-0.2, -0.15) is 0 Å². The van der Waals surface area contributed by atoms with E-state index in [9.17, 15) is 4.79 Å². The predicted octanol–water partition coefficient (Wildman–Crippen LogP) is 5.30. The molecule has 0 aliphatic heterocycles. The molecule has 1 atom stereocenters. The number of nitrogens with one attached hydrogen (secondary N) is 1. The van der Waals surface area contributed by atoms with Crippen LogP contribution < -0.4 is 5.32 Å².